The molecule has 0 aliphatic heterocycles. The Hall–Kier alpha value is -0.570. The summed E-state index contributed by atoms with van der Waals surface area (Å²) in [5.41, 5.74) is 5.18. The Morgan fingerprint density at radius 2 is 2.06 bits per heavy atom. The van der Waals surface area contributed by atoms with Gasteiger partial charge < -0.3 is 10.5 Å². The van der Waals surface area contributed by atoms with Gasteiger partial charge in [0.2, 0.25) is 0 Å². The van der Waals surface area contributed by atoms with E-state index in [4.69, 9.17) is 10.5 Å². The van der Waals surface area contributed by atoms with Crippen LogP contribution in [0.2, 0.25) is 0 Å². The van der Waals surface area contributed by atoms with E-state index in [0.29, 0.717) is 5.92 Å². The van der Waals surface area contributed by atoms with Crippen LogP contribution >= 0.6 is 0 Å². The highest BCUT2D eigenvalue weighted by molar-refractivity contribution is 5.78. The first-order valence-electron chi connectivity index (χ1n) is 6.18. The van der Waals surface area contributed by atoms with Crippen molar-refractivity contribution >= 4 is 5.97 Å². The predicted octanol–water partition coefficient (Wildman–Crippen LogP) is 2.48. The van der Waals surface area contributed by atoms with Gasteiger partial charge in [0.05, 0.1) is 5.41 Å². The highest BCUT2D eigenvalue weighted by Gasteiger charge is 2.48. The second kappa shape index (κ2) is 4.36. The smallest absolute Gasteiger partial charge is 0.313 e. The summed E-state index contributed by atoms with van der Waals surface area (Å²) in [4.78, 5) is 12.2. The largest absolute Gasteiger partial charge is 0.460 e. The van der Waals surface area contributed by atoms with Crippen molar-refractivity contribution in [2.75, 3.05) is 0 Å². The van der Waals surface area contributed by atoms with E-state index in [9.17, 15) is 4.79 Å². The van der Waals surface area contributed by atoms with Crippen molar-refractivity contribution in [2.45, 2.75) is 65.5 Å². The minimum atomic E-state index is -0.492. The number of hydrogen-bond acceptors (Lipinski definition) is 3. The molecule has 3 nitrogen and oxygen atoms in total. The van der Waals surface area contributed by atoms with Crippen molar-refractivity contribution in [1.82, 2.24) is 0 Å². The number of carbonyl (C=O) groups excluding carboxylic acids is 1. The zero-order chi connectivity index (χ0) is 12.6. The standard InChI is InChI=1S/C13H25NO2/c1-6-9-7-10(14)13(5,8-9)11(15)16-12(2,3)4/h9-10H,6-8,14H2,1-5H3. The average molecular weight is 227 g/mol. The summed E-state index contributed by atoms with van der Waals surface area (Å²) in [6.07, 6.45) is 2.89. The molecule has 1 saturated carbocycles. The van der Waals surface area contributed by atoms with Gasteiger partial charge in [-0.3, -0.25) is 4.79 Å². The highest BCUT2D eigenvalue weighted by atomic mass is 16.6. The molecule has 16 heavy (non-hydrogen) atoms. The van der Waals surface area contributed by atoms with E-state index in [-0.39, 0.29) is 12.0 Å². The van der Waals surface area contributed by atoms with Crippen molar-refractivity contribution in [2.24, 2.45) is 17.1 Å². The van der Waals surface area contributed by atoms with Crippen molar-refractivity contribution in [3.8, 4) is 0 Å². The summed E-state index contributed by atoms with van der Waals surface area (Å²) >= 11 is 0. The van der Waals surface area contributed by atoms with Gasteiger partial charge in [-0.2, -0.15) is 0 Å². The Kier molecular flexibility index (Phi) is 3.68. The summed E-state index contributed by atoms with van der Waals surface area (Å²) in [6.45, 7) is 9.78. The zero-order valence-corrected chi connectivity index (χ0v) is 11.2. The molecule has 0 saturated heterocycles. The van der Waals surface area contributed by atoms with Crippen LogP contribution in [0.1, 0.15) is 53.9 Å². The highest BCUT2D eigenvalue weighted by Crippen LogP contribution is 2.43. The Morgan fingerprint density at radius 1 is 1.50 bits per heavy atom. The van der Waals surface area contributed by atoms with Gasteiger partial charge in [-0.1, -0.05) is 13.3 Å². The molecule has 3 atom stereocenters. The Bertz CT molecular complexity index is 270. The Balaban J connectivity index is 2.74. The molecule has 0 heterocycles. The van der Waals surface area contributed by atoms with Gasteiger partial charge in [0.15, 0.2) is 0 Å². The molecule has 0 aromatic rings. The van der Waals surface area contributed by atoms with E-state index < -0.39 is 11.0 Å². The monoisotopic (exact) mass is 227 g/mol. The van der Waals surface area contributed by atoms with Gasteiger partial charge in [0.25, 0.3) is 0 Å². The molecule has 1 aliphatic rings. The third-order valence-electron chi connectivity index (χ3n) is 3.56. The topological polar surface area (TPSA) is 52.3 Å². The second-order valence-corrected chi connectivity index (χ2v) is 6.24. The summed E-state index contributed by atoms with van der Waals surface area (Å²) < 4.78 is 5.47. The molecule has 0 aromatic heterocycles. The molecular formula is C13H25NO2. The number of carbonyl (C=O) groups is 1. The van der Waals surface area contributed by atoms with E-state index >= 15 is 0 Å². The summed E-state index contributed by atoms with van der Waals surface area (Å²) in [6, 6.07) is -0.0627. The molecule has 94 valence electrons. The minimum absolute atomic E-state index is 0.0627. The fraction of sp³-hybridized carbons (Fsp3) is 0.923. The summed E-state index contributed by atoms with van der Waals surface area (Å²) in [5, 5.41) is 0. The Labute approximate surface area is 98.7 Å². The van der Waals surface area contributed by atoms with Crippen molar-refractivity contribution in [1.29, 1.82) is 0 Å². The molecule has 0 radical (unpaired) electrons. The molecule has 0 amide bonds. The van der Waals surface area contributed by atoms with Crippen LogP contribution in [-0.2, 0) is 9.53 Å². The maximum Gasteiger partial charge on any atom is 0.313 e. The lowest BCUT2D eigenvalue weighted by Crippen LogP contribution is -2.44. The lowest BCUT2D eigenvalue weighted by molar-refractivity contribution is -0.167. The maximum absolute atomic E-state index is 12.2. The van der Waals surface area contributed by atoms with Crippen LogP contribution in [-0.4, -0.2) is 17.6 Å². The number of rotatable bonds is 2. The minimum Gasteiger partial charge on any atom is -0.460 e. The molecule has 3 unspecified atom stereocenters. The maximum atomic E-state index is 12.2. The Morgan fingerprint density at radius 3 is 2.44 bits per heavy atom. The van der Waals surface area contributed by atoms with Gasteiger partial charge in [-0.25, -0.2) is 0 Å². The first-order valence-corrected chi connectivity index (χ1v) is 6.18. The van der Waals surface area contributed by atoms with Crippen molar-refractivity contribution in [3.63, 3.8) is 0 Å². The predicted molar refractivity (Wildman–Crippen MR) is 64.9 cm³/mol. The molecule has 3 heteroatoms. The molecular weight excluding hydrogens is 202 g/mol. The molecule has 1 rings (SSSR count). The number of hydrogen-bond donors (Lipinski definition) is 1. The average Bonchev–Trinajstić information content (AvgIpc) is 2.41. The molecule has 0 aromatic carbocycles. The van der Waals surface area contributed by atoms with Crippen molar-refractivity contribution in [3.05, 3.63) is 0 Å². The van der Waals surface area contributed by atoms with Gasteiger partial charge in [-0.15, -0.1) is 0 Å². The second-order valence-electron chi connectivity index (χ2n) is 6.24. The molecule has 1 aliphatic carbocycles. The SMILES string of the molecule is CCC1CC(N)C(C)(C(=O)OC(C)(C)C)C1. The summed E-state index contributed by atoms with van der Waals surface area (Å²) in [5.74, 6) is 0.427. The molecule has 1 fully saturated rings. The van der Waals surface area contributed by atoms with Crippen LogP contribution in [0.25, 0.3) is 0 Å². The van der Waals surface area contributed by atoms with Gasteiger partial charge in [-0.05, 0) is 46.5 Å². The van der Waals surface area contributed by atoms with Crippen molar-refractivity contribution < 1.29 is 9.53 Å². The third-order valence-corrected chi connectivity index (χ3v) is 3.56. The number of nitrogens with two attached hydrogens (primary N) is 1. The lowest BCUT2D eigenvalue weighted by atomic mass is 9.84. The quantitative estimate of drug-likeness (QED) is 0.737. The molecule has 2 N–H and O–H groups in total. The van der Waals surface area contributed by atoms with Gasteiger partial charge >= 0.3 is 5.97 Å². The third kappa shape index (κ3) is 2.76. The number of esters is 1. The van der Waals surface area contributed by atoms with E-state index in [0.717, 1.165) is 19.3 Å². The normalized spacial score (nSPS) is 35.1. The molecule has 0 spiro atoms. The van der Waals surface area contributed by atoms with E-state index in [2.05, 4.69) is 6.92 Å². The fourth-order valence-electron chi connectivity index (χ4n) is 2.39. The van der Waals surface area contributed by atoms with Crippen LogP contribution in [0.5, 0.6) is 0 Å². The van der Waals surface area contributed by atoms with E-state index in [1.807, 2.05) is 27.7 Å². The van der Waals surface area contributed by atoms with Crippen LogP contribution < -0.4 is 5.73 Å². The van der Waals surface area contributed by atoms with Crippen LogP contribution in [0.4, 0.5) is 0 Å². The fourth-order valence-corrected chi connectivity index (χ4v) is 2.39. The van der Waals surface area contributed by atoms with E-state index in [1.54, 1.807) is 0 Å². The lowest BCUT2D eigenvalue weighted by Gasteiger charge is -2.31. The molecule has 0 bridgehead atoms. The van der Waals surface area contributed by atoms with Crippen LogP contribution in [0.15, 0.2) is 0 Å². The van der Waals surface area contributed by atoms with Crippen LogP contribution in [0, 0.1) is 11.3 Å². The van der Waals surface area contributed by atoms with Gasteiger partial charge in [0.1, 0.15) is 5.60 Å². The van der Waals surface area contributed by atoms with Crippen LogP contribution in [0.3, 0.4) is 0 Å². The first kappa shape index (κ1) is 13.5. The zero-order valence-electron chi connectivity index (χ0n) is 11.2. The first-order chi connectivity index (χ1) is 7.19. The summed E-state index contributed by atoms with van der Waals surface area (Å²) in [7, 11) is 0. The number of ether oxygens (including phenoxy) is 1. The van der Waals surface area contributed by atoms with Gasteiger partial charge in [0, 0.05) is 6.04 Å². The van der Waals surface area contributed by atoms with E-state index in [1.165, 1.54) is 0 Å².